The lowest BCUT2D eigenvalue weighted by Gasteiger charge is -2.33. The summed E-state index contributed by atoms with van der Waals surface area (Å²) in [5.41, 5.74) is 1.02. The fourth-order valence-corrected chi connectivity index (χ4v) is 6.03. The van der Waals surface area contributed by atoms with Crippen LogP contribution >= 0.6 is 0 Å². The maximum Gasteiger partial charge on any atom is 0.279 e. The van der Waals surface area contributed by atoms with E-state index in [1.165, 1.54) is 18.4 Å². The molecular formula is C25H34N6O4S. The van der Waals surface area contributed by atoms with Gasteiger partial charge >= 0.3 is 0 Å². The van der Waals surface area contributed by atoms with Crippen molar-refractivity contribution in [3.63, 3.8) is 0 Å². The quantitative estimate of drug-likeness (QED) is 0.443. The summed E-state index contributed by atoms with van der Waals surface area (Å²) in [6.45, 7) is 1.11. The van der Waals surface area contributed by atoms with Crippen molar-refractivity contribution < 1.29 is 18.3 Å². The van der Waals surface area contributed by atoms with E-state index < -0.39 is 15.8 Å². The Bertz CT molecular complexity index is 1310. The Kier molecular flexibility index (Phi) is 7.01. The predicted octanol–water partition coefficient (Wildman–Crippen LogP) is 2.54. The average Bonchev–Trinajstić information content (AvgIpc) is 3.30. The van der Waals surface area contributed by atoms with Crippen molar-refractivity contribution in [2.24, 2.45) is 0 Å². The third-order valence-corrected chi connectivity index (χ3v) is 8.89. The zero-order valence-electron chi connectivity index (χ0n) is 20.7. The van der Waals surface area contributed by atoms with Gasteiger partial charge in [0.15, 0.2) is 0 Å². The second-order valence-corrected chi connectivity index (χ2v) is 11.8. The maximum atomic E-state index is 12.1. The molecule has 2 aromatic heterocycles. The number of benzene rings is 1. The standard InChI is InChI=1S/C25H34N6O4S/c1-30(2)36(33,34)29-19-8-6-18(7-9-19)27-24-26-14-10-23(28-24)31-15-11-20-21(4-3-5-22(20)31)25(32)12-16-35-17-13-25/h3-5,10-11,14-15,18-19,29,32H,6-9,12-13,16-17H2,1-2H3,(H,26,27,28)/t18-,19-. The van der Waals surface area contributed by atoms with Gasteiger partial charge in [0.05, 0.1) is 11.1 Å². The van der Waals surface area contributed by atoms with Gasteiger partial charge in [-0.15, -0.1) is 0 Å². The number of rotatable bonds is 7. The van der Waals surface area contributed by atoms with Crippen molar-refractivity contribution in [1.82, 2.24) is 23.6 Å². The summed E-state index contributed by atoms with van der Waals surface area (Å²) in [6, 6.07) is 10.0. The number of aliphatic hydroxyl groups is 1. The van der Waals surface area contributed by atoms with Gasteiger partial charge in [0.2, 0.25) is 5.95 Å². The molecule has 2 fully saturated rings. The van der Waals surface area contributed by atoms with E-state index >= 15 is 0 Å². The van der Waals surface area contributed by atoms with Crippen molar-refractivity contribution >= 4 is 27.1 Å². The van der Waals surface area contributed by atoms with E-state index in [9.17, 15) is 13.5 Å². The SMILES string of the molecule is CN(C)S(=O)(=O)N[C@H]1CC[C@H](Nc2nccc(-n3ccc4c(C5(O)CCOCC5)cccc43)n2)CC1. The molecular weight excluding hydrogens is 480 g/mol. The van der Waals surface area contributed by atoms with Crippen LogP contribution in [-0.2, 0) is 20.5 Å². The van der Waals surface area contributed by atoms with Gasteiger partial charge in [-0.1, -0.05) is 12.1 Å². The Balaban J connectivity index is 1.30. The summed E-state index contributed by atoms with van der Waals surface area (Å²) in [6.07, 6.45) is 8.04. The number of hydrogen-bond acceptors (Lipinski definition) is 7. The minimum Gasteiger partial charge on any atom is -0.385 e. The molecule has 3 N–H and O–H groups in total. The minimum absolute atomic E-state index is 0.0614. The van der Waals surface area contributed by atoms with E-state index in [1.807, 2.05) is 41.1 Å². The van der Waals surface area contributed by atoms with Gasteiger partial charge in [-0.05, 0) is 49.4 Å². The first-order valence-corrected chi connectivity index (χ1v) is 13.9. The molecule has 1 aliphatic carbocycles. The number of ether oxygens (including phenoxy) is 1. The van der Waals surface area contributed by atoms with Crippen LogP contribution in [0.5, 0.6) is 0 Å². The minimum atomic E-state index is -3.42. The summed E-state index contributed by atoms with van der Waals surface area (Å²) < 4.78 is 35.6. The molecule has 0 spiro atoms. The van der Waals surface area contributed by atoms with E-state index in [0.717, 1.165) is 48.0 Å². The van der Waals surface area contributed by atoms with Gasteiger partial charge in [0.25, 0.3) is 10.2 Å². The molecule has 3 aromatic rings. The van der Waals surface area contributed by atoms with E-state index in [-0.39, 0.29) is 12.1 Å². The Hall–Kier alpha value is -2.57. The maximum absolute atomic E-state index is 12.1. The van der Waals surface area contributed by atoms with Gasteiger partial charge in [0, 0.05) is 70.0 Å². The van der Waals surface area contributed by atoms with Gasteiger partial charge in [-0.25, -0.2) is 4.98 Å². The lowest BCUT2D eigenvalue weighted by molar-refractivity contribution is -0.0669. The summed E-state index contributed by atoms with van der Waals surface area (Å²) in [4.78, 5) is 9.18. The summed E-state index contributed by atoms with van der Waals surface area (Å²) in [5, 5.41) is 15.7. The first kappa shape index (κ1) is 25.1. The third-order valence-electron chi connectivity index (χ3n) is 7.30. The van der Waals surface area contributed by atoms with Gasteiger partial charge in [-0.2, -0.15) is 22.4 Å². The van der Waals surface area contributed by atoms with Crippen LogP contribution in [0.3, 0.4) is 0 Å². The third kappa shape index (κ3) is 5.12. The molecule has 194 valence electrons. The number of hydrogen-bond donors (Lipinski definition) is 3. The molecule has 1 aliphatic heterocycles. The summed E-state index contributed by atoms with van der Waals surface area (Å²) >= 11 is 0. The zero-order chi connectivity index (χ0) is 25.3. The van der Waals surface area contributed by atoms with Crippen LogP contribution in [0.15, 0.2) is 42.7 Å². The first-order chi connectivity index (χ1) is 17.2. The van der Waals surface area contributed by atoms with Crippen molar-refractivity contribution in [2.45, 2.75) is 56.2 Å². The molecule has 10 nitrogen and oxygen atoms in total. The molecule has 0 unspecified atom stereocenters. The van der Waals surface area contributed by atoms with Crippen LogP contribution < -0.4 is 10.0 Å². The van der Waals surface area contributed by atoms with Gasteiger partial charge < -0.3 is 19.7 Å². The van der Waals surface area contributed by atoms with Crippen molar-refractivity contribution in [1.29, 1.82) is 0 Å². The molecule has 1 saturated heterocycles. The molecule has 0 atom stereocenters. The number of aromatic nitrogens is 3. The number of anilines is 1. The van der Waals surface area contributed by atoms with E-state index in [4.69, 9.17) is 9.72 Å². The van der Waals surface area contributed by atoms with Gasteiger partial charge in [-0.3, -0.25) is 0 Å². The topological polar surface area (TPSA) is 122 Å². The highest BCUT2D eigenvalue weighted by Gasteiger charge is 2.33. The Morgan fingerprint density at radius 1 is 1.08 bits per heavy atom. The van der Waals surface area contributed by atoms with Crippen molar-refractivity contribution in [3.05, 3.63) is 48.3 Å². The van der Waals surface area contributed by atoms with Crippen LogP contribution in [-0.4, -0.2) is 71.8 Å². The number of nitrogens with zero attached hydrogens (tertiary/aromatic N) is 4. The monoisotopic (exact) mass is 514 g/mol. The lowest BCUT2D eigenvalue weighted by Crippen LogP contribution is -2.44. The van der Waals surface area contributed by atoms with Crippen molar-refractivity contribution in [3.8, 4) is 5.82 Å². The highest BCUT2D eigenvalue weighted by molar-refractivity contribution is 7.87. The molecule has 11 heteroatoms. The summed E-state index contributed by atoms with van der Waals surface area (Å²) in [5.74, 6) is 1.29. The molecule has 2 aliphatic rings. The predicted molar refractivity (Wildman–Crippen MR) is 138 cm³/mol. The molecule has 36 heavy (non-hydrogen) atoms. The molecule has 1 saturated carbocycles. The van der Waals surface area contributed by atoms with E-state index in [0.29, 0.717) is 32.0 Å². The van der Waals surface area contributed by atoms with Crippen LogP contribution in [0.1, 0.15) is 44.1 Å². The van der Waals surface area contributed by atoms with Gasteiger partial charge in [0.1, 0.15) is 5.82 Å². The highest BCUT2D eigenvalue weighted by Crippen LogP contribution is 2.37. The number of fused-ring (bicyclic) bond motifs is 1. The number of nitrogens with one attached hydrogen (secondary N) is 2. The molecule has 0 radical (unpaired) electrons. The van der Waals surface area contributed by atoms with Crippen LogP contribution in [0.25, 0.3) is 16.7 Å². The molecule has 0 amide bonds. The molecule has 3 heterocycles. The average molecular weight is 515 g/mol. The van der Waals surface area contributed by atoms with Crippen LogP contribution in [0.4, 0.5) is 5.95 Å². The summed E-state index contributed by atoms with van der Waals surface area (Å²) in [7, 11) is -0.365. The Morgan fingerprint density at radius 2 is 1.81 bits per heavy atom. The highest BCUT2D eigenvalue weighted by atomic mass is 32.2. The van der Waals surface area contributed by atoms with Crippen LogP contribution in [0, 0.1) is 0 Å². The van der Waals surface area contributed by atoms with E-state index in [1.54, 1.807) is 6.20 Å². The second-order valence-electron chi connectivity index (χ2n) is 9.90. The zero-order valence-corrected chi connectivity index (χ0v) is 21.5. The molecule has 1 aromatic carbocycles. The smallest absolute Gasteiger partial charge is 0.279 e. The second kappa shape index (κ2) is 10.1. The Labute approximate surface area is 211 Å². The van der Waals surface area contributed by atoms with E-state index in [2.05, 4.69) is 15.0 Å². The normalized spacial score (nSPS) is 22.7. The largest absolute Gasteiger partial charge is 0.385 e. The van der Waals surface area contributed by atoms with Crippen LogP contribution in [0.2, 0.25) is 0 Å². The molecule has 0 bridgehead atoms. The molecule has 5 rings (SSSR count). The lowest BCUT2D eigenvalue weighted by atomic mass is 9.84. The fourth-order valence-electron chi connectivity index (χ4n) is 5.16. The first-order valence-electron chi connectivity index (χ1n) is 12.5. The fraction of sp³-hybridized carbons (Fsp3) is 0.520. The Morgan fingerprint density at radius 3 is 2.53 bits per heavy atom. The van der Waals surface area contributed by atoms with Crippen molar-refractivity contribution in [2.75, 3.05) is 32.6 Å².